The van der Waals surface area contributed by atoms with Gasteiger partial charge in [-0.25, -0.2) is 4.79 Å². The summed E-state index contributed by atoms with van der Waals surface area (Å²) in [6.07, 6.45) is -0.991. The predicted octanol–water partition coefficient (Wildman–Crippen LogP) is 4.30. The Labute approximate surface area is 183 Å². The number of nitrogens with one attached hydrogen (secondary N) is 1. The maximum absolute atomic E-state index is 12.7. The zero-order valence-corrected chi connectivity index (χ0v) is 19.3. The molecule has 0 radical (unpaired) electrons. The number of aromatic nitrogens is 1. The first kappa shape index (κ1) is 24.2. The van der Waals surface area contributed by atoms with Gasteiger partial charge in [-0.1, -0.05) is 32.9 Å². The number of benzene rings is 1. The second-order valence-electron chi connectivity index (χ2n) is 8.49. The van der Waals surface area contributed by atoms with E-state index < -0.39 is 23.8 Å². The van der Waals surface area contributed by atoms with Crippen LogP contribution in [0.2, 0.25) is 0 Å². The summed E-state index contributed by atoms with van der Waals surface area (Å²) in [5.74, 6) is -0.815. The van der Waals surface area contributed by atoms with Crippen molar-refractivity contribution in [2.24, 2.45) is 0 Å². The number of hydrogen-bond donors (Lipinski definition) is 1. The minimum absolute atomic E-state index is 0.00872. The number of H-pyrrole nitrogens is 1. The maximum Gasteiger partial charge on any atom is 0.339 e. The molecular formula is C24H31NO6. The molecule has 2 rings (SSSR count). The van der Waals surface area contributed by atoms with E-state index in [0.29, 0.717) is 22.6 Å². The molecule has 1 aromatic heterocycles. The minimum atomic E-state index is -0.999. The summed E-state index contributed by atoms with van der Waals surface area (Å²) in [7, 11) is 1.28. The Hall–Kier alpha value is -3.09. The summed E-state index contributed by atoms with van der Waals surface area (Å²) in [5.41, 5.74) is 2.79. The molecule has 0 aliphatic heterocycles. The molecule has 168 valence electrons. The van der Waals surface area contributed by atoms with E-state index in [-0.39, 0.29) is 24.1 Å². The molecule has 0 fully saturated rings. The van der Waals surface area contributed by atoms with E-state index in [2.05, 4.69) is 25.8 Å². The third kappa shape index (κ3) is 5.96. The molecule has 31 heavy (non-hydrogen) atoms. The van der Waals surface area contributed by atoms with Crippen LogP contribution in [0.1, 0.15) is 71.8 Å². The summed E-state index contributed by atoms with van der Waals surface area (Å²) in [5, 5.41) is 0. The van der Waals surface area contributed by atoms with E-state index >= 15 is 0 Å². The Bertz CT molecular complexity index is 950. The fourth-order valence-corrected chi connectivity index (χ4v) is 3.22. The number of ketones is 1. The molecule has 0 saturated heterocycles. The number of Topliss-reactive ketones (excluding diaryl/α,β-unsaturated/α-hetero) is 1. The van der Waals surface area contributed by atoms with Gasteiger partial charge in [-0.05, 0) is 49.4 Å². The predicted molar refractivity (Wildman–Crippen MR) is 117 cm³/mol. The maximum atomic E-state index is 12.7. The third-order valence-corrected chi connectivity index (χ3v) is 5.05. The van der Waals surface area contributed by atoms with Crippen LogP contribution in [0.15, 0.2) is 24.3 Å². The first-order valence-corrected chi connectivity index (χ1v) is 10.2. The van der Waals surface area contributed by atoms with Crippen molar-refractivity contribution in [3.05, 3.63) is 52.3 Å². The lowest BCUT2D eigenvalue weighted by Gasteiger charge is -2.19. The van der Waals surface area contributed by atoms with Gasteiger partial charge < -0.3 is 19.2 Å². The largest absolute Gasteiger partial charge is 0.493 e. The molecule has 0 amide bonds. The molecule has 2 aromatic rings. The molecule has 0 spiro atoms. The Kier molecular flexibility index (Phi) is 7.65. The standard InChI is InChI=1S/C24H31NO6/c1-14-20(23(28)29-7)15(2)25-21(14)22(27)16(3)31-19(26)12-13-30-18-10-8-17(9-11-18)24(4,5)6/h8-11,16,25H,12-13H2,1-7H3/t16-/m0/s1. The lowest BCUT2D eigenvalue weighted by atomic mass is 9.87. The van der Waals surface area contributed by atoms with Gasteiger partial charge in [0, 0.05) is 5.69 Å². The van der Waals surface area contributed by atoms with Crippen molar-refractivity contribution in [3.63, 3.8) is 0 Å². The van der Waals surface area contributed by atoms with E-state index in [9.17, 15) is 14.4 Å². The summed E-state index contributed by atoms with van der Waals surface area (Å²) >= 11 is 0. The van der Waals surface area contributed by atoms with Crippen LogP contribution in [0.5, 0.6) is 5.75 Å². The topological polar surface area (TPSA) is 94.7 Å². The van der Waals surface area contributed by atoms with Crippen molar-refractivity contribution in [2.75, 3.05) is 13.7 Å². The lowest BCUT2D eigenvalue weighted by molar-refractivity contribution is -0.146. The first-order chi connectivity index (χ1) is 14.5. The van der Waals surface area contributed by atoms with Gasteiger partial charge in [0.1, 0.15) is 5.75 Å². The molecule has 0 bridgehead atoms. The Morgan fingerprint density at radius 1 is 1.06 bits per heavy atom. The number of ether oxygens (including phenoxy) is 3. The van der Waals surface area contributed by atoms with Gasteiger partial charge in [-0.3, -0.25) is 9.59 Å². The first-order valence-electron chi connectivity index (χ1n) is 10.2. The number of aromatic amines is 1. The van der Waals surface area contributed by atoms with Crippen LogP contribution in [0.3, 0.4) is 0 Å². The van der Waals surface area contributed by atoms with E-state index in [0.717, 1.165) is 0 Å². The number of methoxy groups -OCH3 is 1. The SMILES string of the molecule is COC(=O)c1c(C)[nH]c(C(=O)[C@H](C)OC(=O)CCOc2ccc(C(C)(C)C)cc2)c1C. The van der Waals surface area contributed by atoms with Gasteiger partial charge in [0.25, 0.3) is 0 Å². The monoisotopic (exact) mass is 429 g/mol. The minimum Gasteiger partial charge on any atom is -0.493 e. The molecular weight excluding hydrogens is 398 g/mol. The van der Waals surface area contributed by atoms with Crippen LogP contribution in [0.25, 0.3) is 0 Å². The molecule has 0 saturated carbocycles. The van der Waals surface area contributed by atoms with Gasteiger partial charge in [0.2, 0.25) is 5.78 Å². The second-order valence-corrected chi connectivity index (χ2v) is 8.49. The molecule has 0 aliphatic carbocycles. The molecule has 1 N–H and O–H groups in total. The molecule has 1 atom stereocenters. The van der Waals surface area contributed by atoms with E-state index in [4.69, 9.17) is 14.2 Å². The van der Waals surface area contributed by atoms with E-state index in [1.54, 1.807) is 13.8 Å². The average molecular weight is 430 g/mol. The lowest BCUT2D eigenvalue weighted by Crippen LogP contribution is -2.26. The van der Waals surface area contributed by atoms with E-state index in [1.165, 1.54) is 19.6 Å². The highest BCUT2D eigenvalue weighted by molar-refractivity contribution is 6.03. The van der Waals surface area contributed by atoms with Crippen LogP contribution >= 0.6 is 0 Å². The van der Waals surface area contributed by atoms with Crippen molar-refractivity contribution in [1.29, 1.82) is 0 Å². The summed E-state index contributed by atoms with van der Waals surface area (Å²) in [4.78, 5) is 39.6. The summed E-state index contributed by atoms with van der Waals surface area (Å²) in [6, 6.07) is 7.73. The van der Waals surface area contributed by atoms with Crippen LogP contribution in [-0.4, -0.2) is 42.5 Å². The van der Waals surface area contributed by atoms with Crippen molar-refractivity contribution < 1.29 is 28.6 Å². The van der Waals surface area contributed by atoms with Crippen molar-refractivity contribution in [2.45, 2.75) is 59.5 Å². The number of carbonyl (C=O) groups excluding carboxylic acids is 3. The molecule has 0 unspecified atom stereocenters. The molecule has 7 heteroatoms. The number of hydrogen-bond acceptors (Lipinski definition) is 6. The highest BCUT2D eigenvalue weighted by Gasteiger charge is 2.27. The fourth-order valence-electron chi connectivity index (χ4n) is 3.22. The smallest absolute Gasteiger partial charge is 0.339 e. The van der Waals surface area contributed by atoms with Gasteiger partial charge in [0.05, 0.1) is 31.4 Å². The quantitative estimate of drug-likeness (QED) is 0.497. The summed E-state index contributed by atoms with van der Waals surface area (Å²) in [6.45, 7) is 11.4. The van der Waals surface area contributed by atoms with Crippen molar-refractivity contribution >= 4 is 17.7 Å². The fraction of sp³-hybridized carbons (Fsp3) is 0.458. The number of aryl methyl sites for hydroxylation is 1. The van der Waals surface area contributed by atoms with Crippen LogP contribution < -0.4 is 4.74 Å². The van der Waals surface area contributed by atoms with Crippen LogP contribution in [0, 0.1) is 13.8 Å². The molecule has 7 nitrogen and oxygen atoms in total. The van der Waals surface area contributed by atoms with E-state index in [1.807, 2.05) is 24.3 Å². The Morgan fingerprint density at radius 3 is 2.23 bits per heavy atom. The third-order valence-electron chi connectivity index (χ3n) is 5.05. The second kappa shape index (κ2) is 9.81. The van der Waals surface area contributed by atoms with Crippen LogP contribution in [-0.2, 0) is 19.7 Å². The molecule has 0 aliphatic rings. The summed E-state index contributed by atoms with van der Waals surface area (Å²) < 4.78 is 15.6. The Morgan fingerprint density at radius 2 is 1.68 bits per heavy atom. The number of rotatable bonds is 8. The number of esters is 2. The average Bonchev–Trinajstić information content (AvgIpc) is 3.00. The highest BCUT2D eigenvalue weighted by Crippen LogP contribution is 2.24. The van der Waals surface area contributed by atoms with Crippen LogP contribution in [0.4, 0.5) is 0 Å². The highest BCUT2D eigenvalue weighted by atomic mass is 16.5. The van der Waals surface area contributed by atoms with Crippen molar-refractivity contribution in [1.82, 2.24) is 4.98 Å². The van der Waals surface area contributed by atoms with Gasteiger partial charge >= 0.3 is 11.9 Å². The molecule has 1 heterocycles. The number of carbonyl (C=O) groups is 3. The molecule has 1 aromatic carbocycles. The van der Waals surface area contributed by atoms with Crippen molar-refractivity contribution in [3.8, 4) is 5.75 Å². The van der Waals surface area contributed by atoms with Gasteiger partial charge in [-0.15, -0.1) is 0 Å². The Balaban J connectivity index is 1.90. The van der Waals surface area contributed by atoms with Gasteiger partial charge in [0.15, 0.2) is 6.10 Å². The van der Waals surface area contributed by atoms with Gasteiger partial charge in [-0.2, -0.15) is 0 Å². The zero-order valence-electron chi connectivity index (χ0n) is 19.3. The zero-order chi connectivity index (χ0) is 23.3. The normalized spacial score (nSPS) is 12.2.